The Labute approximate surface area is 101 Å². The fourth-order valence-electron chi connectivity index (χ4n) is 2.74. The molecule has 0 saturated heterocycles. The maximum absolute atomic E-state index is 5.86. The molecule has 0 radical (unpaired) electrons. The number of hydrogen-bond donors (Lipinski definition) is 2. The zero-order valence-electron chi connectivity index (χ0n) is 11.4. The van der Waals surface area contributed by atoms with Gasteiger partial charge >= 0.3 is 0 Å². The Kier molecular flexibility index (Phi) is 5.77. The lowest BCUT2D eigenvalue weighted by Crippen LogP contribution is -2.38. The standard InChI is InChI=1S/C14H30N2/c1-14(2,3)9-12(10-15)11-16-13-7-5-4-6-8-13/h12-13,16H,4-11,15H2,1-3H3. The molecule has 1 unspecified atom stereocenters. The number of nitrogens with one attached hydrogen (secondary N) is 1. The zero-order valence-corrected chi connectivity index (χ0v) is 11.4. The van der Waals surface area contributed by atoms with Crippen molar-refractivity contribution in [2.24, 2.45) is 17.1 Å². The van der Waals surface area contributed by atoms with Crippen molar-refractivity contribution in [1.29, 1.82) is 0 Å². The minimum Gasteiger partial charge on any atom is -0.330 e. The number of rotatable bonds is 5. The molecule has 0 aliphatic heterocycles. The third kappa shape index (κ3) is 5.86. The van der Waals surface area contributed by atoms with E-state index in [4.69, 9.17) is 5.73 Å². The van der Waals surface area contributed by atoms with Crippen molar-refractivity contribution in [2.45, 2.75) is 65.3 Å². The van der Waals surface area contributed by atoms with E-state index >= 15 is 0 Å². The number of nitrogens with two attached hydrogens (primary N) is 1. The average molecular weight is 226 g/mol. The predicted octanol–water partition coefficient (Wildman–Crippen LogP) is 2.92. The fraction of sp³-hybridized carbons (Fsp3) is 1.00. The third-order valence-electron chi connectivity index (χ3n) is 3.53. The molecule has 1 aliphatic rings. The van der Waals surface area contributed by atoms with Crippen LogP contribution in [-0.2, 0) is 0 Å². The first kappa shape index (κ1) is 14.0. The zero-order chi connectivity index (χ0) is 12.0. The number of hydrogen-bond acceptors (Lipinski definition) is 2. The van der Waals surface area contributed by atoms with Crippen LogP contribution in [-0.4, -0.2) is 19.1 Å². The van der Waals surface area contributed by atoms with Crippen LogP contribution < -0.4 is 11.1 Å². The van der Waals surface area contributed by atoms with Crippen molar-refractivity contribution in [3.8, 4) is 0 Å². The van der Waals surface area contributed by atoms with Gasteiger partial charge in [0.25, 0.3) is 0 Å². The summed E-state index contributed by atoms with van der Waals surface area (Å²) in [5, 5.41) is 3.72. The lowest BCUT2D eigenvalue weighted by Gasteiger charge is -2.29. The predicted molar refractivity (Wildman–Crippen MR) is 71.5 cm³/mol. The molecular weight excluding hydrogens is 196 g/mol. The van der Waals surface area contributed by atoms with Crippen LogP contribution in [0.2, 0.25) is 0 Å². The normalized spacial score (nSPS) is 21.0. The highest BCUT2D eigenvalue weighted by atomic mass is 14.9. The van der Waals surface area contributed by atoms with Crippen molar-refractivity contribution in [2.75, 3.05) is 13.1 Å². The van der Waals surface area contributed by atoms with Crippen molar-refractivity contribution in [3.05, 3.63) is 0 Å². The summed E-state index contributed by atoms with van der Waals surface area (Å²) in [5.74, 6) is 0.641. The smallest absolute Gasteiger partial charge is 0.00671 e. The van der Waals surface area contributed by atoms with E-state index in [1.54, 1.807) is 0 Å². The second-order valence-corrected chi connectivity index (χ2v) is 6.61. The van der Waals surface area contributed by atoms with E-state index in [0.717, 1.165) is 19.1 Å². The van der Waals surface area contributed by atoms with Gasteiger partial charge in [0.05, 0.1) is 0 Å². The highest BCUT2D eigenvalue weighted by molar-refractivity contribution is 4.76. The van der Waals surface area contributed by atoms with Gasteiger partial charge < -0.3 is 11.1 Å². The molecule has 0 aromatic heterocycles. The molecule has 96 valence electrons. The van der Waals surface area contributed by atoms with Gasteiger partial charge in [-0.2, -0.15) is 0 Å². The first-order chi connectivity index (χ1) is 7.51. The van der Waals surface area contributed by atoms with Gasteiger partial charge in [-0.05, 0) is 43.7 Å². The van der Waals surface area contributed by atoms with Gasteiger partial charge in [0, 0.05) is 6.04 Å². The second kappa shape index (κ2) is 6.61. The molecule has 16 heavy (non-hydrogen) atoms. The maximum Gasteiger partial charge on any atom is 0.00671 e. The molecule has 1 atom stereocenters. The maximum atomic E-state index is 5.86. The lowest BCUT2D eigenvalue weighted by atomic mass is 9.84. The highest BCUT2D eigenvalue weighted by Gasteiger charge is 2.19. The van der Waals surface area contributed by atoms with Crippen LogP contribution >= 0.6 is 0 Å². The van der Waals surface area contributed by atoms with E-state index in [-0.39, 0.29) is 0 Å². The summed E-state index contributed by atoms with van der Waals surface area (Å²) in [6.45, 7) is 8.83. The topological polar surface area (TPSA) is 38.0 Å². The Bertz CT molecular complexity index is 178. The summed E-state index contributed by atoms with van der Waals surface area (Å²) in [4.78, 5) is 0. The van der Waals surface area contributed by atoms with Gasteiger partial charge in [-0.25, -0.2) is 0 Å². The van der Waals surface area contributed by atoms with Gasteiger partial charge in [0.2, 0.25) is 0 Å². The van der Waals surface area contributed by atoms with E-state index in [1.165, 1.54) is 38.5 Å². The molecular formula is C14H30N2. The van der Waals surface area contributed by atoms with Crippen molar-refractivity contribution in [3.63, 3.8) is 0 Å². The van der Waals surface area contributed by atoms with E-state index < -0.39 is 0 Å². The van der Waals surface area contributed by atoms with Gasteiger partial charge in [0.1, 0.15) is 0 Å². The Hall–Kier alpha value is -0.0800. The Morgan fingerprint density at radius 3 is 2.31 bits per heavy atom. The summed E-state index contributed by atoms with van der Waals surface area (Å²) in [6, 6.07) is 0.766. The van der Waals surface area contributed by atoms with Gasteiger partial charge in [-0.1, -0.05) is 40.0 Å². The van der Waals surface area contributed by atoms with Crippen LogP contribution in [0.4, 0.5) is 0 Å². The van der Waals surface area contributed by atoms with Crippen molar-refractivity contribution in [1.82, 2.24) is 5.32 Å². The fourth-order valence-corrected chi connectivity index (χ4v) is 2.74. The summed E-state index contributed by atoms with van der Waals surface area (Å²) in [6.07, 6.45) is 8.21. The SMILES string of the molecule is CC(C)(C)CC(CN)CNC1CCCCC1. The summed E-state index contributed by atoms with van der Waals surface area (Å²) in [7, 11) is 0. The Balaban J connectivity index is 2.22. The van der Waals surface area contributed by atoms with Gasteiger partial charge in [-0.3, -0.25) is 0 Å². The van der Waals surface area contributed by atoms with Gasteiger partial charge in [-0.15, -0.1) is 0 Å². The molecule has 0 aromatic carbocycles. The van der Waals surface area contributed by atoms with Crippen molar-refractivity contribution >= 4 is 0 Å². The molecule has 0 bridgehead atoms. The van der Waals surface area contributed by atoms with Crippen LogP contribution in [0.15, 0.2) is 0 Å². The molecule has 0 amide bonds. The molecule has 3 N–H and O–H groups in total. The Morgan fingerprint density at radius 2 is 1.81 bits per heavy atom. The van der Waals surface area contributed by atoms with Crippen LogP contribution in [0, 0.1) is 11.3 Å². The molecule has 2 nitrogen and oxygen atoms in total. The molecule has 1 saturated carbocycles. The van der Waals surface area contributed by atoms with E-state index in [9.17, 15) is 0 Å². The van der Waals surface area contributed by atoms with Crippen LogP contribution in [0.1, 0.15) is 59.3 Å². The lowest BCUT2D eigenvalue weighted by molar-refractivity contribution is 0.271. The van der Waals surface area contributed by atoms with Crippen LogP contribution in [0.25, 0.3) is 0 Å². The summed E-state index contributed by atoms with van der Waals surface area (Å²) in [5.41, 5.74) is 6.26. The highest BCUT2D eigenvalue weighted by Crippen LogP contribution is 2.24. The third-order valence-corrected chi connectivity index (χ3v) is 3.53. The molecule has 0 aromatic rings. The van der Waals surface area contributed by atoms with Crippen LogP contribution in [0.5, 0.6) is 0 Å². The molecule has 0 heterocycles. The molecule has 0 spiro atoms. The van der Waals surface area contributed by atoms with Gasteiger partial charge in [0.15, 0.2) is 0 Å². The Morgan fingerprint density at radius 1 is 1.19 bits per heavy atom. The largest absolute Gasteiger partial charge is 0.330 e. The van der Waals surface area contributed by atoms with E-state index in [1.807, 2.05) is 0 Å². The minimum absolute atomic E-state index is 0.401. The van der Waals surface area contributed by atoms with Crippen LogP contribution in [0.3, 0.4) is 0 Å². The molecule has 2 heteroatoms. The monoisotopic (exact) mass is 226 g/mol. The average Bonchev–Trinajstić information content (AvgIpc) is 2.24. The van der Waals surface area contributed by atoms with E-state index in [2.05, 4.69) is 26.1 Å². The molecule has 1 rings (SSSR count). The minimum atomic E-state index is 0.401. The summed E-state index contributed by atoms with van der Waals surface area (Å²) >= 11 is 0. The first-order valence-electron chi connectivity index (χ1n) is 6.95. The molecule has 1 fully saturated rings. The summed E-state index contributed by atoms with van der Waals surface area (Å²) < 4.78 is 0. The van der Waals surface area contributed by atoms with Crippen molar-refractivity contribution < 1.29 is 0 Å². The quantitative estimate of drug-likeness (QED) is 0.756. The second-order valence-electron chi connectivity index (χ2n) is 6.61. The first-order valence-corrected chi connectivity index (χ1v) is 6.95. The van der Waals surface area contributed by atoms with E-state index in [0.29, 0.717) is 11.3 Å². The molecule has 1 aliphatic carbocycles.